The summed E-state index contributed by atoms with van der Waals surface area (Å²) in [5.74, 6) is -0.874. The van der Waals surface area contributed by atoms with E-state index in [1.54, 1.807) is 5.10 Å². The minimum absolute atomic E-state index is 0.0450. The standard InChI is InChI=1S/C10H13F3N4O2/c11-10(12,13)9-6(3-15-17-9)16-8(19)1-5-2-14-4-7(5)18/h3,5,7,14,18H,1-2,4H2,(H,15,17)(H,16,19)/t5-,7-/m1/s1. The van der Waals surface area contributed by atoms with E-state index < -0.39 is 29.6 Å². The van der Waals surface area contributed by atoms with Gasteiger partial charge in [0.25, 0.3) is 0 Å². The van der Waals surface area contributed by atoms with Gasteiger partial charge in [0.05, 0.1) is 18.0 Å². The lowest BCUT2D eigenvalue weighted by Gasteiger charge is -2.13. The summed E-state index contributed by atoms with van der Waals surface area (Å²) in [7, 11) is 0. The first-order chi connectivity index (χ1) is 8.88. The number of aromatic amines is 1. The zero-order valence-corrected chi connectivity index (χ0v) is 9.79. The van der Waals surface area contributed by atoms with E-state index in [9.17, 15) is 23.1 Å². The number of carbonyl (C=O) groups excluding carboxylic acids is 1. The molecule has 2 rings (SSSR count). The number of hydrogen-bond acceptors (Lipinski definition) is 4. The summed E-state index contributed by atoms with van der Waals surface area (Å²) in [5, 5.41) is 19.6. The van der Waals surface area contributed by atoms with Crippen molar-refractivity contribution in [2.45, 2.75) is 18.7 Å². The molecule has 2 atom stereocenters. The Bertz CT molecular complexity index is 460. The first-order valence-corrected chi connectivity index (χ1v) is 5.67. The molecule has 9 heteroatoms. The number of rotatable bonds is 3. The molecule has 1 saturated heterocycles. The van der Waals surface area contributed by atoms with E-state index in [2.05, 4.69) is 15.7 Å². The van der Waals surface area contributed by atoms with E-state index in [0.29, 0.717) is 13.1 Å². The molecule has 0 spiro atoms. The Morgan fingerprint density at radius 2 is 2.26 bits per heavy atom. The summed E-state index contributed by atoms with van der Waals surface area (Å²) in [5.41, 5.74) is -1.50. The van der Waals surface area contributed by atoms with Crippen LogP contribution in [-0.4, -0.2) is 40.4 Å². The molecule has 106 valence electrons. The molecular weight excluding hydrogens is 265 g/mol. The van der Waals surface area contributed by atoms with Crippen LogP contribution in [0.5, 0.6) is 0 Å². The molecule has 6 nitrogen and oxygen atoms in total. The van der Waals surface area contributed by atoms with Crippen molar-refractivity contribution in [2.24, 2.45) is 5.92 Å². The summed E-state index contributed by atoms with van der Waals surface area (Å²) in [6, 6.07) is 0. The third kappa shape index (κ3) is 3.24. The van der Waals surface area contributed by atoms with Crippen molar-refractivity contribution in [1.29, 1.82) is 0 Å². The maximum Gasteiger partial charge on any atom is 0.434 e. The first kappa shape index (κ1) is 13.8. The molecule has 19 heavy (non-hydrogen) atoms. The van der Waals surface area contributed by atoms with Crippen molar-refractivity contribution < 1.29 is 23.1 Å². The van der Waals surface area contributed by atoms with Crippen LogP contribution < -0.4 is 10.6 Å². The number of alkyl halides is 3. The Morgan fingerprint density at radius 1 is 1.53 bits per heavy atom. The second-order valence-corrected chi connectivity index (χ2v) is 4.39. The molecule has 1 aromatic heterocycles. The third-order valence-corrected chi connectivity index (χ3v) is 2.95. The van der Waals surface area contributed by atoms with Gasteiger partial charge < -0.3 is 15.7 Å². The number of aliphatic hydroxyl groups excluding tert-OH is 1. The van der Waals surface area contributed by atoms with Crippen molar-refractivity contribution in [3.8, 4) is 0 Å². The van der Waals surface area contributed by atoms with Gasteiger partial charge in [0.1, 0.15) is 0 Å². The third-order valence-electron chi connectivity index (χ3n) is 2.95. The number of nitrogens with one attached hydrogen (secondary N) is 3. The highest BCUT2D eigenvalue weighted by atomic mass is 19.4. The molecule has 0 bridgehead atoms. The van der Waals surface area contributed by atoms with Gasteiger partial charge in [0.15, 0.2) is 5.69 Å². The molecule has 1 aromatic rings. The van der Waals surface area contributed by atoms with E-state index in [0.717, 1.165) is 6.20 Å². The second-order valence-electron chi connectivity index (χ2n) is 4.39. The smallest absolute Gasteiger partial charge is 0.391 e. The molecule has 0 aromatic carbocycles. The second kappa shape index (κ2) is 5.17. The Labute approximate surface area is 106 Å². The lowest BCUT2D eigenvalue weighted by molar-refractivity contribution is -0.140. The number of β-amino-alcohol motifs (C(OH)–C–C–N with tert-alkyl or cyclic N) is 1. The van der Waals surface area contributed by atoms with Crippen LogP contribution in [0.2, 0.25) is 0 Å². The number of aliphatic hydroxyl groups is 1. The molecule has 1 aliphatic rings. The van der Waals surface area contributed by atoms with Gasteiger partial charge in [0, 0.05) is 25.4 Å². The van der Waals surface area contributed by atoms with Gasteiger partial charge in [-0.05, 0) is 0 Å². The summed E-state index contributed by atoms with van der Waals surface area (Å²) in [6.07, 6.45) is -4.40. The number of aromatic nitrogens is 2. The van der Waals surface area contributed by atoms with Gasteiger partial charge in [-0.1, -0.05) is 0 Å². The van der Waals surface area contributed by atoms with E-state index in [1.165, 1.54) is 0 Å². The van der Waals surface area contributed by atoms with Crippen LogP contribution in [0.4, 0.5) is 18.9 Å². The number of H-pyrrole nitrogens is 1. The van der Waals surface area contributed by atoms with E-state index in [4.69, 9.17) is 0 Å². The quantitative estimate of drug-likeness (QED) is 0.641. The topological polar surface area (TPSA) is 90.0 Å². The predicted molar refractivity (Wildman–Crippen MR) is 59.2 cm³/mol. The Balaban J connectivity index is 1.98. The minimum Gasteiger partial charge on any atom is -0.391 e. The molecule has 0 unspecified atom stereocenters. The molecule has 0 aliphatic carbocycles. The van der Waals surface area contributed by atoms with Gasteiger partial charge >= 0.3 is 6.18 Å². The van der Waals surface area contributed by atoms with Crippen molar-refractivity contribution in [1.82, 2.24) is 15.5 Å². The summed E-state index contributed by atoms with van der Waals surface area (Å²) < 4.78 is 37.6. The molecule has 0 radical (unpaired) electrons. The van der Waals surface area contributed by atoms with E-state index in [-0.39, 0.29) is 12.3 Å². The molecule has 1 aliphatic heterocycles. The van der Waals surface area contributed by atoms with Crippen LogP contribution in [0.25, 0.3) is 0 Å². The fraction of sp³-hybridized carbons (Fsp3) is 0.600. The Kier molecular flexibility index (Phi) is 3.76. The van der Waals surface area contributed by atoms with Crippen LogP contribution in [0.15, 0.2) is 6.20 Å². The minimum atomic E-state index is -4.60. The van der Waals surface area contributed by atoms with Crippen molar-refractivity contribution >= 4 is 11.6 Å². The number of carbonyl (C=O) groups is 1. The summed E-state index contributed by atoms with van der Waals surface area (Å²) >= 11 is 0. The predicted octanol–water partition coefficient (Wildman–Crippen LogP) is 0.337. The summed E-state index contributed by atoms with van der Waals surface area (Å²) in [6.45, 7) is 0.851. The fourth-order valence-corrected chi connectivity index (χ4v) is 1.96. The van der Waals surface area contributed by atoms with Crippen LogP contribution in [0.3, 0.4) is 0 Å². The van der Waals surface area contributed by atoms with Crippen molar-refractivity contribution in [3.05, 3.63) is 11.9 Å². The van der Waals surface area contributed by atoms with Gasteiger partial charge in [-0.15, -0.1) is 0 Å². The van der Waals surface area contributed by atoms with Crippen LogP contribution >= 0.6 is 0 Å². The molecule has 1 fully saturated rings. The van der Waals surface area contributed by atoms with Crippen LogP contribution in [0, 0.1) is 5.92 Å². The fourth-order valence-electron chi connectivity index (χ4n) is 1.96. The normalized spacial score (nSPS) is 23.6. The van der Waals surface area contributed by atoms with E-state index in [1.807, 2.05) is 0 Å². The highest BCUT2D eigenvalue weighted by Crippen LogP contribution is 2.32. The number of anilines is 1. The monoisotopic (exact) mass is 278 g/mol. The highest BCUT2D eigenvalue weighted by molar-refractivity contribution is 5.91. The molecule has 2 heterocycles. The molecular formula is C10H13F3N4O2. The van der Waals surface area contributed by atoms with Gasteiger partial charge in [0.2, 0.25) is 5.91 Å². The number of nitrogens with zero attached hydrogens (tertiary/aromatic N) is 1. The molecule has 4 N–H and O–H groups in total. The average molecular weight is 278 g/mol. The van der Waals surface area contributed by atoms with Gasteiger partial charge in [-0.3, -0.25) is 9.89 Å². The maximum absolute atomic E-state index is 12.5. The SMILES string of the molecule is O=C(C[C@@H]1CNC[C@H]1O)Nc1cn[nH]c1C(F)(F)F. The largest absolute Gasteiger partial charge is 0.434 e. The maximum atomic E-state index is 12.5. The summed E-state index contributed by atoms with van der Waals surface area (Å²) in [4.78, 5) is 11.6. The van der Waals surface area contributed by atoms with Crippen LogP contribution in [0.1, 0.15) is 12.1 Å². The number of halogens is 3. The Morgan fingerprint density at radius 3 is 2.84 bits per heavy atom. The van der Waals surface area contributed by atoms with Gasteiger partial charge in [-0.25, -0.2) is 0 Å². The lowest BCUT2D eigenvalue weighted by Crippen LogP contribution is -2.25. The van der Waals surface area contributed by atoms with Crippen molar-refractivity contribution in [2.75, 3.05) is 18.4 Å². The van der Waals surface area contributed by atoms with E-state index >= 15 is 0 Å². The zero-order chi connectivity index (χ0) is 14.0. The zero-order valence-electron chi connectivity index (χ0n) is 9.79. The average Bonchev–Trinajstić information content (AvgIpc) is 2.88. The number of amides is 1. The number of hydrogen-bond donors (Lipinski definition) is 4. The van der Waals surface area contributed by atoms with Crippen LogP contribution in [-0.2, 0) is 11.0 Å². The Hall–Kier alpha value is -1.61. The van der Waals surface area contributed by atoms with Gasteiger partial charge in [-0.2, -0.15) is 18.3 Å². The lowest BCUT2D eigenvalue weighted by atomic mass is 10.0. The molecule has 0 saturated carbocycles. The first-order valence-electron chi connectivity index (χ1n) is 5.67. The highest BCUT2D eigenvalue weighted by Gasteiger charge is 2.36. The molecule has 1 amide bonds. The van der Waals surface area contributed by atoms with Crippen molar-refractivity contribution in [3.63, 3.8) is 0 Å².